The second-order valence-corrected chi connectivity index (χ2v) is 7.35. The number of nitrogens with zero attached hydrogens (tertiary/aromatic N) is 1. The van der Waals surface area contributed by atoms with Crippen molar-refractivity contribution in [1.82, 2.24) is 10.2 Å². The third-order valence-corrected chi connectivity index (χ3v) is 5.64. The van der Waals surface area contributed by atoms with E-state index in [2.05, 4.69) is 5.32 Å². The van der Waals surface area contributed by atoms with Crippen LogP contribution in [0.1, 0.15) is 0 Å². The topological polar surface area (TPSA) is 58.6 Å². The molecule has 2 fully saturated rings. The summed E-state index contributed by atoms with van der Waals surface area (Å²) < 4.78 is 28.0. The van der Waals surface area contributed by atoms with Crippen LogP contribution in [0.5, 0.6) is 0 Å². The Morgan fingerprint density at radius 1 is 1.35 bits per heavy atom. The summed E-state index contributed by atoms with van der Waals surface area (Å²) >= 11 is 11.2. The quantitative estimate of drug-likeness (QED) is 0.525. The second-order valence-electron chi connectivity index (χ2n) is 4.25. The van der Waals surface area contributed by atoms with Gasteiger partial charge in [0.25, 0.3) is 0 Å². The van der Waals surface area contributed by atoms with Gasteiger partial charge in [-0.15, -0.1) is 11.6 Å². The van der Waals surface area contributed by atoms with Gasteiger partial charge in [-0.25, -0.2) is 8.42 Å². The van der Waals surface area contributed by atoms with Crippen molar-refractivity contribution in [3.05, 3.63) is 0 Å². The molecule has 2 atom stereocenters. The number of sulfone groups is 1. The lowest BCUT2D eigenvalue weighted by Gasteiger charge is -2.31. The Labute approximate surface area is 111 Å². The average molecular weight is 299 g/mol. The number of alkyl halides is 1. The number of hydrogen-bond acceptors (Lipinski definition) is 4. The molecule has 0 radical (unpaired) electrons. The Morgan fingerprint density at radius 2 is 2.00 bits per heavy atom. The fraction of sp³-hybridized carbons (Fsp3) is 0.889. The highest BCUT2D eigenvalue weighted by atomic mass is 35.5. The van der Waals surface area contributed by atoms with Crippen molar-refractivity contribution in [2.45, 2.75) is 11.4 Å². The van der Waals surface area contributed by atoms with Crippen LogP contribution in [0.4, 0.5) is 0 Å². The SMILES string of the molecule is O=S1(=O)C[C@H](NC(=S)N2CCOCC2)[C@@H](Cl)C1. The molecule has 0 aromatic heterocycles. The van der Waals surface area contributed by atoms with E-state index in [1.54, 1.807) is 0 Å². The van der Waals surface area contributed by atoms with Gasteiger partial charge in [-0.1, -0.05) is 0 Å². The molecule has 2 saturated heterocycles. The highest BCUT2D eigenvalue weighted by molar-refractivity contribution is 7.91. The van der Waals surface area contributed by atoms with Crippen LogP contribution in [0.15, 0.2) is 0 Å². The van der Waals surface area contributed by atoms with Crippen LogP contribution in [0.25, 0.3) is 0 Å². The Morgan fingerprint density at radius 3 is 2.53 bits per heavy atom. The van der Waals surface area contributed by atoms with Crippen LogP contribution in [-0.4, -0.2) is 67.7 Å². The smallest absolute Gasteiger partial charge is 0.169 e. The van der Waals surface area contributed by atoms with E-state index in [4.69, 9.17) is 28.6 Å². The molecule has 0 unspecified atom stereocenters. The van der Waals surface area contributed by atoms with Gasteiger partial charge in [-0.05, 0) is 12.2 Å². The van der Waals surface area contributed by atoms with Crippen molar-refractivity contribution in [2.75, 3.05) is 37.8 Å². The van der Waals surface area contributed by atoms with Crippen molar-refractivity contribution >= 4 is 38.8 Å². The Bertz CT molecular complexity index is 395. The van der Waals surface area contributed by atoms with Crippen LogP contribution in [0, 0.1) is 0 Å². The zero-order chi connectivity index (χ0) is 12.5. The van der Waals surface area contributed by atoms with Crippen LogP contribution in [-0.2, 0) is 14.6 Å². The maximum Gasteiger partial charge on any atom is 0.169 e. The van der Waals surface area contributed by atoms with E-state index < -0.39 is 15.2 Å². The first-order valence-electron chi connectivity index (χ1n) is 5.45. The molecule has 0 aromatic rings. The Kier molecular flexibility index (Phi) is 4.12. The minimum Gasteiger partial charge on any atom is -0.378 e. The molecule has 2 aliphatic heterocycles. The van der Waals surface area contributed by atoms with Crippen LogP contribution < -0.4 is 5.32 Å². The highest BCUT2D eigenvalue weighted by Gasteiger charge is 2.37. The summed E-state index contributed by atoms with van der Waals surface area (Å²) in [6, 6.07) is -0.281. The molecule has 0 amide bonds. The number of hydrogen-bond donors (Lipinski definition) is 1. The van der Waals surface area contributed by atoms with Gasteiger partial charge in [0.1, 0.15) is 0 Å². The molecular weight excluding hydrogens is 284 g/mol. The third kappa shape index (κ3) is 3.43. The summed E-state index contributed by atoms with van der Waals surface area (Å²) in [5.41, 5.74) is 0. The molecule has 1 N–H and O–H groups in total. The Hall–Kier alpha value is -0.110. The molecule has 0 saturated carbocycles. The second kappa shape index (κ2) is 5.26. The van der Waals surface area contributed by atoms with Gasteiger partial charge in [0, 0.05) is 13.1 Å². The monoisotopic (exact) mass is 298 g/mol. The highest BCUT2D eigenvalue weighted by Crippen LogP contribution is 2.18. The zero-order valence-electron chi connectivity index (χ0n) is 9.26. The maximum absolute atomic E-state index is 11.4. The van der Waals surface area contributed by atoms with Gasteiger partial charge in [0.2, 0.25) is 0 Å². The minimum absolute atomic E-state index is 0.0257. The van der Waals surface area contributed by atoms with Gasteiger partial charge >= 0.3 is 0 Å². The lowest BCUT2D eigenvalue weighted by molar-refractivity contribution is 0.0675. The van der Waals surface area contributed by atoms with Gasteiger partial charge in [-0.2, -0.15) is 0 Å². The van der Waals surface area contributed by atoms with E-state index in [1.807, 2.05) is 4.90 Å². The standard InChI is InChI=1S/C9H15ClN2O3S2/c10-7-5-17(13,14)6-8(7)11-9(16)12-1-3-15-4-2-12/h7-8H,1-6H2,(H,11,16)/t7-,8-/m0/s1. The number of thiocarbonyl (C=S) groups is 1. The van der Waals surface area contributed by atoms with Crippen molar-refractivity contribution in [2.24, 2.45) is 0 Å². The number of ether oxygens (including phenoxy) is 1. The largest absolute Gasteiger partial charge is 0.378 e. The number of rotatable bonds is 1. The summed E-state index contributed by atoms with van der Waals surface area (Å²) in [6.07, 6.45) is 0. The summed E-state index contributed by atoms with van der Waals surface area (Å²) in [4.78, 5) is 1.98. The average Bonchev–Trinajstić information content (AvgIpc) is 2.53. The first-order chi connectivity index (χ1) is 7.98. The van der Waals surface area contributed by atoms with Crippen molar-refractivity contribution in [3.8, 4) is 0 Å². The molecule has 2 heterocycles. The maximum atomic E-state index is 11.4. The van der Waals surface area contributed by atoms with E-state index in [0.29, 0.717) is 18.3 Å². The van der Waals surface area contributed by atoms with E-state index in [-0.39, 0.29) is 17.5 Å². The molecule has 17 heavy (non-hydrogen) atoms. The molecule has 98 valence electrons. The number of morpholine rings is 1. The van der Waals surface area contributed by atoms with Crippen molar-refractivity contribution < 1.29 is 13.2 Å². The molecule has 0 aromatic carbocycles. The number of nitrogens with one attached hydrogen (secondary N) is 1. The normalized spacial score (nSPS) is 32.4. The molecule has 2 aliphatic rings. The van der Waals surface area contributed by atoms with E-state index in [9.17, 15) is 8.42 Å². The van der Waals surface area contributed by atoms with Gasteiger partial charge in [0.05, 0.1) is 36.1 Å². The molecule has 5 nitrogen and oxygen atoms in total. The summed E-state index contributed by atoms with van der Waals surface area (Å²) in [7, 11) is -3.02. The predicted octanol–water partition coefficient (Wildman–Crippen LogP) is -0.402. The summed E-state index contributed by atoms with van der Waals surface area (Å²) in [6.45, 7) is 2.76. The number of halogens is 1. The van der Waals surface area contributed by atoms with Crippen molar-refractivity contribution in [3.63, 3.8) is 0 Å². The van der Waals surface area contributed by atoms with E-state index in [1.165, 1.54) is 0 Å². The van der Waals surface area contributed by atoms with Gasteiger partial charge in [-0.3, -0.25) is 0 Å². The molecule has 0 bridgehead atoms. The Balaban J connectivity index is 1.90. The molecule has 8 heteroatoms. The predicted molar refractivity (Wildman–Crippen MR) is 70.2 cm³/mol. The van der Waals surface area contributed by atoms with Crippen LogP contribution in [0.3, 0.4) is 0 Å². The van der Waals surface area contributed by atoms with Crippen LogP contribution in [0.2, 0.25) is 0 Å². The fourth-order valence-electron chi connectivity index (χ4n) is 1.95. The molecule has 0 aliphatic carbocycles. The van der Waals surface area contributed by atoms with Gasteiger partial charge in [0.15, 0.2) is 14.9 Å². The van der Waals surface area contributed by atoms with Gasteiger partial charge < -0.3 is 15.0 Å². The summed E-state index contributed by atoms with van der Waals surface area (Å²) in [5.74, 6) is 0.0869. The molecule has 2 rings (SSSR count). The molecule has 0 spiro atoms. The third-order valence-electron chi connectivity index (χ3n) is 2.89. The lowest BCUT2D eigenvalue weighted by atomic mass is 10.2. The first kappa shape index (κ1) is 13.3. The van der Waals surface area contributed by atoms with Crippen LogP contribution >= 0.6 is 23.8 Å². The zero-order valence-corrected chi connectivity index (χ0v) is 11.7. The summed E-state index contributed by atoms with van der Waals surface area (Å²) in [5, 5.41) is 3.21. The minimum atomic E-state index is -3.02. The fourth-order valence-corrected chi connectivity index (χ4v) is 4.84. The van der Waals surface area contributed by atoms with E-state index in [0.717, 1.165) is 13.1 Å². The van der Waals surface area contributed by atoms with Crippen molar-refractivity contribution in [1.29, 1.82) is 0 Å². The first-order valence-corrected chi connectivity index (χ1v) is 8.12. The molecular formula is C9H15ClN2O3S2. The lowest BCUT2D eigenvalue weighted by Crippen LogP contribution is -2.51. The van der Waals surface area contributed by atoms with E-state index >= 15 is 0 Å².